The lowest BCUT2D eigenvalue weighted by Crippen LogP contribution is -2.51. The third-order valence-electron chi connectivity index (χ3n) is 3.89. The lowest BCUT2D eigenvalue weighted by atomic mass is 10.0. The van der Waals surface area contributed by atoms with Gasteiger partial charge in [-0.15, -0.1) is 0 Å². The first-order valence-corrected chi connectivity index (χ1v) is 7.69. The predicted octanol–water partition coefficient (Wildman–Crippen LogP) is 1.87. The van der Waals surface area contributed by atoms with Crippen LogP contribution in [0.25, 0.3) is 0 Å². The van der Waals surface area contributed by atoms with Crippen molar-refractivity contribution in [1.82, 2.24) is 10.2 Å². The maximum Gasteiger partial charge on any atom is 0.326 e. The SMILES string of the molecule is CC(C)CC(NC(=O)C(C)N1CCCCCC1)C(=O)O. The molecule has 1 saturated heterocycles. The summed E-state index contributed by atoms with van der Waals surface area (Å²) in [7, 11) is 0. The smallest absolute Gasteiger partial charge is 0.326 e. The van der Waals surface area contributed by atoms with Crippen LogP contribution in [0.5, 0.6) is 0 Å². The molecule has 5 heteroatoms. The lowest BCUT2D eigenvalue weighted by Gasteiger charge is -2.28. The van der Waals surface area contributed by atoms with E-state index in [9.17, 15) is 14.7 Å². The minimum atomic E-state index is -0.949. The van der Waals surface area contributed by atoms with Crippen molar-refractivity contribution in [1.29, 1.82) is 0 Å². The van der Waals surface area contributed by atoms with Gasteiger partial charge in [0.1, 0.15) is 6.04 Å². The summed E-state index contributed by atoms with van der Waals surface area (Å²) in [5.74, 6) is -0.875. The van der Waals surface area contributed by atoms with Crippen molar-refractivity contribution in [3.63, 3.8) is 0 Å². The first-order chi connectivity index (χ1) is 9.41. The van der Waals surface area contributed by atoms with E-state index < -0.39 is 12.0 Å². The van der Waals surface area contributed by atoms with Crippen molar-refractivity contribution >= 4 is 11.9 Å². The molecular weight excluding hydrogens is 256 g/mol. The Kier molecular flexibility index (Phi) is 6.99. The van der Waals surface area contributed by atoms with Gasteiger partial charge in [0, 0.05) is 0 Å². The molecule has 0 spiro atoms. The van der Waals surface area contributed by atoms with E-state index in [0.717, 1.165) is 25.9 Å². The Balaban J connectivity index is 2.55. The molecular formula is C15H28N2O3. The van der Waals surface area contributed by atoms with Crippen molar-refractivity contribution in [3.05, 3.63) is 0 Å². The van der Waals surface area contributed by atoms with Crippen molar-refractivity contribution in [3.8, 4) is 0 Å². The zero-order chi connectivity index (χ0) is 15.1. The number of amides is 1. The molecule has 20 heavy (non-hydrogen) atoms. The van der Waals surface area contributed by atoms with E-state index in [4.69, 9.17) is 0 Å². The molecule has 0 aliphatic carbocycles. The summed E-state index contributed by atoms with van der Waals surface area (Å²) in [5.41, 5.74) is 0. The molecule has 2 unspecified atom stereocenters. The topological polar surface area (TPSA) is 69.6 Å². The molecule has 0 aromatic heterocycles. The van der Waals surface area contributed by atoms with Gasteiger partial charge in [-0.1, -0.05) is 26.7 Å². The number of nitrogens with zero attached hydrogens (tertiary/aromatic N) is 1. The van der Waals surface area contributed by atoms with Gasteiger partial charge in [-0.3, -0.25) is 9.69 Å². The van der Waals surface area contributed by atoms with Crippen molar-refractivity contribution < 1.29 is 14.7 Å². The quantitative estimate of drug-likeness (QED) is 0.781. The number of hydrogen-bond donors (Lipinski definition) is 2. The molecule has 2 N–H and O–H groups in total. The van der Waals surface area contributed by atoms with Crippen molar-refractivity contribution in [2.75, 3.05) is 13.1 Å². The van der Waals surface area contributed by atoms with E-state index in [1.54, 1.807) is 0 Å². The highest BCUT2D eigenvalue weighted by atomic mass is 16.4. The molecule has 1 amide bonds. The van der Waals surface area contributed by atoms with E-state index in [2.05, 4.69) is 10.2 Å². The van der Waals surface area contributed by atoms with E-state index in [1.807, 2.05) is 20.8 Å². The van der Waals surface area contributed by atoms with E-state index in [0.29, 0.717) is 6.42 Å². The highest BCUT2D eigenvalue weighted by molar-refractivity contribution is 5.86. The summed E-state index contributed by atoms with van der Waals surface area (Å²) in [6.45, 7) is 7.64. The van der Waals surface area contributed by atoms with E-state index in [-0.39, 0.29) is 17.9 Å². The number of carbonyl (C=O) groups is 2. The van der Waals surface area contributed by atoms with Gasteiger partial charge in [-0.2, -0.15) is 0 Å². The van der Waals surface area contributed by atoms with Crippen LogP contribution < -0.4 is 5.32 Å². The van der Waals surface area contributed by atoms with Crippen LogP contribution in [0.3, 0.4) is 0 Å². The second kappa shape index (κ2) is 8.25. The second-order valence-corrected chi connectivity index (χ2v) is 6.16. The number of carboxylic acids is 1. The van der Waals surface area contributed by atoms with Crippen LogP contribution in [0, 0.1) is 5.92 Å². The normalized spacial score (nSPS) is 20.2. The number of carbonyl (C=O) groups excluding carboxylic acids is 1. The van der Waals surface area contributed by atoms with Gasteiger partial charge in [-0.25, -0.2) is 4.79 Å². The number of likely N-dealkylation sites (tertiary alicyclic amines) is 1. The maximum absolute atomic E-state index is 12.2. The first kappa shape index (κ1) is 17.0. The average Bonchev–Trinajstić information content (AvgIpc) is 2.65. The van der Waals surface area contributed by atoms with Crippen LogP contribution in [0.15, 0.2) is 0 Å². The summed E-state index contributed by atoms with van der Waals surface area (Å²) in [6, 6.07) is -1.03. The monoisotopic (exact) mass is 284 g/mol. The molecule has 5 nitrogen and oxygen atoms in total. The van der Waals surface area contributed by atoms with Crippen LogP contribution in [0.2, 0.25) is 0 Å². The summed E-state index contributed by atoms with van der Waals surface area (Å²) < 4.78 is 0. The fourth-order valence-electron chi connectivity index (χ4n) is 2.63. The van der Waals surface area contributed by atoms with Crippen LogP contribution in [-0.4, -0.2) is 47.1 Å². The Morgan fingerprint density at radius 3 is 2.10 bits per heavy atom. The largest absolute Gasteiger partial charge is 0.480 e. The van der Waals surface area contributed by atoms with Gasteiger partial charge in [-0.05, 0) is 45.2 Å². The molecule has 0 radical (unpaired) electrons. The van der Waals surface area contributed by atoms with Gasteiger partial charge in [0.2, 0.25) is 5.91 Å². The molecule has 1 heterocycles. The molecule has 0 aromatic carbocycles. The standard InChI is InChI=1S/C15H28N2O3/c1-11(2)10-13(15(19)20)16-14(18)12(3)17-8-6-4-5-7-9-17/h11-13H,4-10H2,1-3H3,(H,16,18)(H,19,20). The van der Waals surface area contributed by atoms with Gasteiger partial charge in [0.15, 0.2) is 0 Å². The number of rotatable bonds is 6. The van der Waals surface area contributed by atoms with Gasteiger partial charge >= 0.3 is 5.97 Å². The Labute approximate surface area is 121 Å². The minimum absolute atomic E-state index is 0.167. The zero-order valence-electron chi connectivity index (χ0n) is 12.9. The van der Waals surface area contributed by atoms with Crippen LogP contribution >= 0.6 is 0 Å². The van der Waals surface area contributed by atoms with E-state index >= 15 is 0 Å². The lowest BCUT2D eigenvalue weighted by molar-refractivity contribution is -0.143. The summed E-state index contributed by atoms with van der Waals surface area (Å²) in [4.78, 5) is 25.6. The molecule has 1 rings (SSSR count). The van der Waals surface area contributed by atoms with Crippen LogP contribution in [0.1, 0.15) is 52.9 Å². The Morgan fingerprint density at radius 2 is 1.65 bits per heavy atom. The third-order valence-corrected chi connectivity index (χ3v) is 3.89. The maximum atomic E-state index is 12.2. The van der Waals surface area contributed by atoms with Crippen molar-refractivity contribution in [2.45, 2.75) is 65.0 Å². The molecule has 1 fully saturated rings. The summed E-state index contributed by atoms with van der Waals surface area (Å²) in [5, 5.41) is 11.9. The molecule has 1 aliphatic heterocycles. The molecule has 116 valence electrons. The number of hydrogen-bond acceptors (Lipinski definition) is 3. The summed E-state index contributed by atoms with van der Waals surface area (Å²) >= 11 is 0. The highest BCUT2D eigenvalue weighted by Crippen LogP contribution is 2.13. The fourth-order valence-corrected chi connectivity index (χ4v) is 2.63. The fraction of sp³-hybridized carbons (Fsp3) is 0.867. The van der Waals surface area contributed by atoms with Gasteiger partial charge < -0.3 is 10.4 Å². The highest BCUT2D eigenvalue weighted by Gasteiger charge is 2.27. The number of nitrogens with one attached hydrogen (secondary N) is 1. The molecule has 2 atom stereocenters. The van der Waals surface area contributed by atoms with Crippen LogP contribution in [0.4, 0.5) is 0 Å². The number of aliphatic carboxylic acids is 1. The van der Waals surface area contributed by atoms with E-state index in [1.165, 1.54) is 12.8 Å². The van der Waals surface area contributed by atoms with Gasteiger partial charge in [0.05, 0.1) is 6.04 Å². The number of carboxylic acid groups (broad SMARTS) is 1. The molecule has 0 aromatic rings. The van der Waals surface area contributed by atoms with Gasteiger partial charge in [0.25, 0.3) is 0 Å². The summed E-state index contributed by atoms with van der Waals surface area (Å²) in [6.07, 6.45) is 5.14. The molecule has 0 bridgehead atoms. The van der Waals surface area contributed by atoms with Crippen LogP contribution in [-0.2, 0) is 9.59 Å². The Bertz CT molecular complexity index is 323. The minimum Gasteiger partial charge on any atom is -0.480 e. The average molecular weight is 284 g/mol. The Hall–Kier alpha value is -1.10. The molecule has 1 aliphatic rings. The Morgan fingerprint density at radius 1 is 1.10 bits per heavy atom. The third kappa shape index (κ3) is 5.49. The predicted molar refractivity (Wildman–Crippen MR) is 78.5 cm³/mol. The zero-order valence-corrected chi connectivity index (χ0v) is 12.9. The van der Waals surface area contributed by atoms with Crippen molar-refractivity contribution in [2.24, 2.45) is 5.92 Å². The molecule has 0 saturated carbocycles. The second-order valence-electron chi connectivity index (χ2n) is 6.16. The first-order valence-electron chi connectivity index (χ1n) is 7.69.